The van der Waals surface area contributed by atoms with Crippen molar-refractivity contribution in [2.75, 3.05) is 11.9 Å². The molecule has 3 N–H and O–H groups in total. The van der Waals surface area contributed by atoms with Crippen LogP contribution in [-0.2, 0) is 6.54 Å². The van der Waals surface area contributed by atoms with Crippen LogP contribution in [0, 0.1) is 6.92 Å². The van der Waals surface area contributed by atoms with Gasteiger partial charge in [0.2, 0.25) is 0 Å². The van der Waals surface area contributed by atoms with E-state index in [1.165, 1.54) is 0 Å². The number of ether oxygens (including phenoxy) is 1. The fourth-order valence-corrected chi connectivity index (χ4v) is 2.65. The number of rotatable bonds is 5. The van der Waals surface area contributed by atoms with Gasteiger partial charge >= 0.3 is 0 Å². The number of H-pyrrole nitrogens is 1. The minimum Gasteiger partial charge on any atom is -0.508 e. The van der Waals surface area contributed by atoms with E-state index in [1.54, 1.807) is 18.2 Å². The van der Waals surface area contributed by atoms with Crippen LogP contribution in [0.2, 0.25) is 0 Å². The van der Waals surface area contributed by atoms with Gasteiger partial charge in [-0.25, -0.2) is 0 Å². The number of anilines is 1. The molecule has 0 bridgehead atoms. The second kappa shape index (κ2) is 6.66. The van der Waals surface area contributed by atoms with Crippen molar-refractivity contribution in [2.24, 2.45) is 0 Å². The Bertz CT molecular complexity index is 932. The largest absolute Gasteiger partial charge is 0.508 e. The number of aromatic nitrogens is 1. The van der Waals surface area contributed by atoms with E-state index in [2.05, 4.69) is 10.3 Å². The van der Waals surface area contributed by atoms with Crippen molar-refractivity contribution >= 4 is 16.6 Å². The Hall–Kier alpha value is -2.95. The van der Waals surface area contributed by atoms with Crippen molar-refractivity contribution in [3.8, 4) is 11.5 Å². The molecule has 0 aliphatic carbocycles. The predicted octanol–water partition coefficient (Wildman–Crippen LogP) is 3.55. The van der Waals surface area contributed by atoms with E-state index in [0.29, 0.717) is 18.7 Å². The first-order chi connectivity index (χ1) is 11.6. The lowest BCUT2D eigenvalue weighted by molar-refractivity contribution is 0.340. The van der Waals surface area contributed by atoms with E-state index in [4.69, 9.17) is 4.74 Å². The van der Waals surface area contributed by atoms with Gasteiger partial charge in [-0.05, 0) is 61.2 Å². The summed E-state index contributed by atoms with van der Waals surface area (Å²) in [5.74, 6) is 0.970. The van der Waals surface area contributed by atoms with Crippen molar-refractivity contribution in [1.29, 1.82) is 0 Å². The molecule has 24 heavy (non-hydrogen) atoms. The molecule has 5 nitrogen and oxygen atoms in total. The zero-order chi connectivity index (χ0) is 17.1. The molecule has 0 unspecified atom stereocenters. The summed E-state index contributed by atoms with van der Waals surface area (Å²) in [4.78, 5) is 15.2. The number of phenols is 1. The number of aromatic hydroxyl groups is 1. The average molecular weight is 324 g/mol. The number of pyridine rings is 1. The first-order valence-corrected chi connectivity index (χ1v) is 7.89. The van der Waals surface area contributed by atoms with Crippen molar-refractivity contribution in [3.63, 3.8) is 0 Å². The summed E-state index contributed by atoms with van der Waals surface area (Å²) in [5.41, 5.74) is 3.10. The molecule has 2 aromatic carbocycles. The molecule has 0 aliphatic rings. The molecule has 0 spiro atoms. The van der Waals surface area contributed by atoms with Crippen LogP contribution >= 0.6 is 0 Å². The van der Waals surface area contributed by atoms with E-state index in [-0.39, 0.29) is 11.3 Å². The molecular weight excluding hydrogens is 304 g/mol. The molecule has 0 atom stereocenters. The summed E-state index contributed by atoms with van der Waals surface area (Å²) in [6, 6.07) is 12.6. The summed E-state index contributed by atoms with van der Waals surface area (Å²) in [7, 11) is 0. The highest BCUT2D eigenvalue weighted by atomic mass is 16.5. The number of aryl methyl sites for hydroxylation is 1. The van der Waals surface area contributed by atoms with Gasteiger partial charge in [0.05, 0.1) is 12.1 Å². The maximum Gasteiger partial charge on any atom is 0.253 e. The van der Waals surface area contributed by atoms with E-state index >= 15 is 0 Å². The third kappa shape index (κ3) is 3.35. The lowest BCUT2D eigenvalue weighted by atomic mass is 10.1. The Labute approximate surface area is 139 Å². The van der Waals surface area contributed by atoms with Crippen LogP contribution in [0.4, 0.5) is 5.69 Å². The van der Waals surface area contributed by atoms with Crippen LogP contribution in [0.15, 0.2) is 47.3 Å². The van der Waals surface area contributed by atoms with Crippen LogP contribution in [0.25, 0.3) is 10.9 Å². The molecule has 5 heteroatoms. The number of aromatic amines is 1. The highest BCUT2D eigenvalue weighted by Crippen LogP contribution is 2.22. The molecule has 0 saturated carbocycles. The first-order valence-electron chi connectivity index (χ1n) is 7.89. The van der Waals surface area contributed by atoms with Crippen molar-refractivity contribution in [3.05, 3.63) is 63.9 Å². The van der Waals surface area contributed by atoms with Crippen LogP contribution in [0.5, 0.6) is 11.5 Å². The number of nitrogens with one attached hydrogen (secondary N) is 2. The van der Waals surface area contributed by atoms with E-state index in [9.17, 15) is 9.90 Å². The molecule has 0 fully saturated rings. The van der Waals surface area contributed by atoms with Crippen molar-refractivity contribution < 1.29 is 9.84 Å². The molecule has 3 aromatic rings. The minimum absolute atomic E-state index is 0.125. The monoisotopic (exact) mass is 324 g/mol. The Kier molecular flexibility index (Phi) is 4.42. The standard InChI is InChI=1S/C19H20N2O3/c1-3-24-16-6-4-13-9-14(19(23)21-18(13)10-16)11-20-17-7-5-15(22)8-12(17)2/h4-10,20,22H,3,11H2,1-2H3,(H,21,23). The van der Waals surface area contributed by atoms with Gasteiger partial charge in [-0.1, -0.05) is 0 Å². The fraction of sp³-hybridized carbons (Fsp3) is 0.211. The normalized spacial score (nSPS) is 10.8. The van der Waals surface area contributed by atoms with E-state index < -0.39 is 0 Å². The number of benzene rings is 2. The van der Waals surface area contributed by atoms with Gasteiger partial charge in [0.1, 0.15) is 11.5 Å². The van der Waals surface area contributed by atoms with Gasteiger partial charge in [0.15, 0.2) is 0 Å². The van der Waals surface area contributed by atoms with Crippen LogP contribution in [0.3, 0.4) is 0 Å². The maximum absolute atomic E-state index is 12.3. The third-order valence-electron chi connectivity index (χ3n) is 3.88. The van der Waals surface area contributed by atoms with Crippen LogP contribution < -0.4 is 15.6 Å². The SMILES string of the molecule is CCOc1ccc2cc(CNc3ccc(O)cc3C)c(=O)[nH]c2c1. The van der Waals surface area contributed by atoms with Gasteiger partial charge < -0.3 is 20.1 Å². The predicted molar refractivity (Wildman–Crippen MR) is 95.9 cm³/mol. The fourth-order valence-electron chi connectivity index (χ4n) is 2.65. The zero-order valence-corrected chi connectivity index (χ0v) is 13.7. The van der Waals surface area contributed by atoms with Crippen LogP contribution in [-0.4, -0.2) is 16.7 Å². The first kappa shape index (κ1) is 15.9. The van der Waals surface area contributed by atoms with Gasteiger partial charge in [-0.15, -0.1) is 0 Å². The molecule has 0 saturated heterocycles. The number of fused-ring (bicyclic) bond motifs is 1. The zero-order valence-electron chi connectivity index (χ0n) is 13.7. The Balaban J connectivity index is 1.85. The average Bonchev–Trinajstić information content (AvgIpc) is 2.54. The topological polar surface area (TPSA) is 74.3 Å². The summed E-state index contributed by atoms with van der Waals surface area (Å²) >= 11 is 0. The van der Waals surface area contributed by atoms with Gasteiger partial charge in [0.25, 0.3) is 5.56 Å². The number of phenolic OH excluding ortho intramolecular Hbond substituents is 1. The van der Waals surface area contributed by atoms with Gasteiger partial charge in [0, 0.05) is 23.9 Å². The molecule has 3 rings (SSSR count). The van der Waals surface area contributed by atoms with Crippen molar-refractivity contribution in [1.82, 2.24) is 4.98 Å². The highest BCUT2D eigenvalue weighted by molar-refractivity contribution is 5.80. The van der Waals surface area contributed by atoms with Crippen molar-refractivity contribution in [2.45, 2.75) is 20.4 Å². The quantitative estimate of drug-likeness (QED) is 0.627. The van der Waals surface area contributed by atoms with Crippen LogP contribution in [0.1, 0.15) is 18.1 Å². The molecular formula is C19H20N2O3. The number of hydrogen-bond acceptors (Lipinski definition) is 4. The Morgan fingerprint density at radius 1 is 1.17 bits per heavy atom. The lowest BCUT2D eigenvalue weighted by Crippen LogP contribution is -2.16. The highest BCUT2D eigenvalue weighted by Gasteiger charge is 2.06. The lowest BCUT2D eigenvalue weighted by Gasteiger charge is -2.10. The third-order valence-corrected chi connectivity index (χ3v) is 3.88. The molecule has 0 radical (unpaired) electrons. The molecule has 124 valence electrons. The second-order valence-corrected chi connectivity index (χ2v) is 5.66. The molecule has 0 amide bonds. The maximum atomic E-state index is 12.3. The van der Waals surface area contributed by atoms with Gasteiger partial charge in [-0.3, -0.25) is 4.79 Å². The van der Waals surface area contributed by atoms with E-state index in [0.717, 1.165) is 27.9 Å². The molecule has 0 aliphatic heterocycles. The molecule has 1 heterocycles. The van der Waals surface area contributed by atoms with Gasteiger partial charge in [-0.2, -0.15) is 0 Å². The summed E-state index contributed by atoms with van der Waals surface area (Å²) in [5, 5.41) is 13.6. The summed E-state index contributed by atoms with van der Waals surface area (Å²) in [6.45, 7) is 4.82. The Morgan fingerprint density at radius 3 is 2.75 bits per heavy atom. The second-order valence-electron chi connectivity index (χ2n) is 5.66. The number of hydrogen-bond donors (Lipinski definition) is 3. The Morgan fingerprint density at radius 2 is 2.00 bits per heavy atom. The smallest absolute Gasteiger partial charge is 0.253 e. The van der Waals surface area contributed by atoms with E-state index in [1.807, 2.05) is 38.1 Å². The summed E-state index contributed by atoms with van der Waals surface area (Å²) < 4.78 is 5.46. The minimum atomic E-state index is -0.125. The molecule has 1 aromatic heterocycles. The summed E-state index contributed by atoms with van der Waals surface area (Å²) in [6.07, 6.45) is 0.